The molecular formula is C13H13F2N3O. The van der Waals surface area contributed by atoms with Crippen LogP contribution in [-0.2, 0) is 13.2 Å². The fraction of sp³-hybridized carbons (Fsp3) is 0.231. The zero-order chi connectivity index (χ0) is 13.7. The summed E-state index contributed by atoms with van der Waals surface area (Å²) in [5.41, 5.74) is 6.54. The monoisotopic (exact) mass is 265 g/mol. The molecule has 0 saturated heterocycles. The number of hydrogen-bond acceptors (Lipinski definition) is 4. The minimum absolute atomic E-state index is 0.0965. The van der Waals surface area contributed by atoms with Gasteiger partial charge in [0.2, 0.25) is 0 Å². The number of halogens is 2. The average molecular weight is 265 g/mol. The Morgan fingerprint density at radius 1 is 1.26 bits per heavy atom. The van der Waals surface area contributed by atoms with Gasteiger partial charge in [-0.25, -0.2) is 13.8 Å². The summed E-state index contributed by atoms with van der Waals surface area (Å²) in [4.78, 5) is 7.75. The van der Waals surface area contributed by atoms with Crippen LogP contribution in [0.5, 0.6) is 5.75 Å². The first-order valence-electron chi connectivity index (χ1n) is 5.70. The van der Waals surface area contributed by atoms with Crippen LogP contribution in [0.4, 0.5) is 8.78 Å². The van der Waals surface area contributed by atoms with Crippen molar-refractivity contribution in [2.45, 2.75) is 19.6 Å². The molecule has 0 atom stereocenters. The second kappa shape index (κ2) is 6.19. The minimum Gasteiger partial charge on any atom is -0.485 e. The third-order valence-corrected chi connectivity index (χ3v) is 2.52. The Hall–Kier alpha value is -2.08. The highest BCUT2D eigenvalue weighted by Crippen LogP contribution is 2.19. The number of rotatable bonds is 5. The Balaban J connectivity index is 2.08. The molecular weight excluding hydrogens is 252 g/mol. The molecule has 4 nitrogen and oxygen atoms in total. The van der Waals surface area contributed by atoms with Crippen LogP contribution in [-0.4, -0.2) is 9.97 Å². The van der Waals surface area contributed by atoms with E-state index in [9.17, 15) is 8.78 Å². The molecule has 100 valence electrons. The zero-order valence-corrected chi connectivity index (χ0v) is 10.1. The third-order valence-electron chi connectivity index (χ3n) is 2.52. The summed E-state index contributed by atoms with van der Waals surface area (Å²) in [7, 11) is 0. The molecule has 2 rings (SSSR count). The molecule has 2 aromatic rings. The third kappa shape index (κ3) is 3.45. The van der Waals surface area contributed by atoms with Crippen molar-refractivity contribution >= 4 is 0 Å². The van der Waals surface area contributed by atoms with Crippen molar-refractivity contribution in [1.29, 1.82) is 0 Å². The van der Waals surface area contributed by atoms with Crippen LogP contribution in [0.2, 0.25) is 0 Å². The lowest BCUT2D eigenvalue weighted by Crippen LogP contribution is -2.05. The lowest BCUT2D eigenvalue weighted by atomic mass is 10.2. The maximum atomic E-state index is 12.5. The molecule has 0 aliphatic heterocycles. The number of hydrogen-bond donors (Lipinski definition) is 1. The largest absolute Gasteiger partial charge is 0.485 e. The van der Waals surface area contributed by atoms with Crippen molar-refractivity contribution in [3.05, 3.63) is 53.6 Å². The summed E-state index contributed by atoms with van der Waals surface area (Å²) < 4.78 is 30.5. The summed E-state index contributed by atoms with van der Waals surface area (Å²) in [6.07, 6.45) is 0.571. The summed E-state index contributed by atoms with van der Waals surface area (Å²) in [6, 6.07) is 6.19. The quantitative estimate of drug-likeness (QED) is 0.902. The van der Waals surface area contributed by atoms with Crippen LogP contribution in [0.3, 0.4) is 0 Å². The van der Waals surface area contributed by atoms with Crippen LogP contribution < -0.4 is 10.5 Å². The van der Waals surface area contributed by atoms with Crippen molar-refractivity contribution in [2.24, 2.45) is 5.73 Å². The number of nitrogens with two attached hydrogens (primary N) is 1. The highest BCUT2D eigenvalue weighted by atomic mass is 19.3. The number of ether oxygens (including phenoxy) is 1. The van der Waals surface area contributed by atoms with Crippen molar-refractivity contribution < 1.29 is 13.5 Å². The lowest BCUT2D eigenvalue weighted by Gasteiger charge is -2.09. The number of nitrogens with zero attached hydrogens (tertiary/aromatic N) is 2. The summed E-state index contributed by atoms with van der Waals surface area (Å²) in [6.45, 7) is 0.418. The van der Waals surface area contributed by atoms with E-state index in [1.54, 1.807) is 24.5 Å². The number of pyridine rings is 2. The predicted molar refractivity (Wildman–Crippen MR) is 65.7 cm³/mol. The van der Waals surface area contributed by atoms with Gasteiger partial charge in [0, 0.05) is 18.3 Å². The first-order valence-corrected chi connectivity index (χ1v) is 5.70. The molecule has 2 N–H and O–H groups in total. The lowest BCUT2D eigenvalue weighted by molar-refractivity contribution is 0.145. The molecule has 0 aliphatic rings. The Morgan fingerprint density at radius 3 is 2.84 bits per heavy atom. The zero-order valence-electron chi connectivity index (χ0n) is 10.1. The second-order valence-electron chi connectivity index (χ2n) is 3.83. The van der Waals surface area contributed by atoms with Crippen molar-refractivity contribution in [3.63, 3.8) is 0 Å². The van der Waals surface area contributed by atoms with Gasteiger partial charge in [-0.15, -0.1) is 0 Å². The summed E-state index contributed by atoms with van der Waals surface area (Å²) in [5, 5.41) is 0. The van der Waals surface area contributed by atoms with Gasteiger partial charge in [-0.1, -0.05) is 6.07 Å². The molecule has 0 spiro atoms. The van der Waals surface area contributed by atoms with Crippen LogP contribution >= 0.6 is 0 Å². The van der Waals surface area contributed by atoms with Gasteiger partial charge in [-0.3, -0.25) is 4.98 Å². The Kier molecular flexibility index (Phi) is 4.35. The van der Waals surface area contributed by atoms with Crippen LogP contribution in [0.25, 0.3) is 0 Å². The van der Waals surface area contributed by atoms with Gasteiger partial charge in [0.1, 0.15) is 18.1 Å². The maximum absolute atomic E-state index is 12.5. The molecule has 6 heteroatoms. The first kappa shape index (κ1) is 13.4. The molecule has 0 radical (unpaired) electrons. The fourth-order valence-corrected chi connectivity index (χ4v) is 1.56. The Labute approximate surface area is 109 Å². The molecule has 0 saturated carbocycles. The van der Waals surface area contributed by atoms with E-state index in [0.29, 0.717) is 18.0 Å². The first-order chi connectivity index (χ1) is 9.20. The predicted octanol–water partition coefficient (Wildman–Crippen LogP) is 2.45. The van der Waals surface area contributed by atoms with Crippen LogP contribution in [0, 0.1) is 0 Å². The van der Waals surface area contributed by atoms with Crippen LogP contribution in [0.15, 0.2) is 36.7 Å². The second-order valence-corrected chi connectivity index (χ2v) is 3.83. The number of aromatic nitrogens is 2. The van der Waals surface area contributed by atoms with Gasteiger partial charge in [0.15, 0.2) is 0 Å². The van der Waals surface area contributed by atoms with Crippen LogP contribution in [0.1, 0.15) is 23.4 Å². The average Bonchev–Trinajstić information content (AvgIpc) is 2.45. The molecule has 0 aromatic carbocycles. The highest BCUT2D eigenvalue weighted by molar-refractivity contribution is 5.29. The standard InChI is InChI=1S/C13H13F2N3O/c14-13(15)11-3-1-2-10(18-11)8-19-12-7-17-5-4-9(12)6-16/h1-5,7,13H,6,8,16H2. The Morgan fingerprint density at radius 2 is 2.11 bits per heavy atom. The van der Waals surface area contributed by atoms with Gasteiger partial charge in [-0.05, 0) is 18.2 Å². The normalized spacial score (nSPS) is 10.7. The molecule has 19 heavy (non-hydrogen) atoms. The number of alkyl halides is 2. The van der Waals surface area contributed by atoms with E-state index in [-0.39, 0.29) is 12.3 Å². The molecule has 2 aromatic heterocycles. The van der Waals surface area contributed by atoms with Crippen molar-refractivity contribution in [2.75, 3.05) is 0 Å². The van der Waals surface area contributed by atoms with E-state index in [4.69, 9.17) is 10.5 Å². The molecule has 0 bridgehead atoms. The Bertz CT molecular complexity index is 549. The smallest absolute Gasteiger partial charge is 0.280 e. The van der Waals surface area contributed by atoms with Gasteiger partial charge >= 0.3 is 0 Å². The van der Waals surface area contributed by atoms with Crippen molar-refractivity contribution in [3.8, 4) is 5.75 Å². The highest BCUT2D eigenvalue weighted by Gasteiger charge is 2.09. The van der Waals surface area contributed by atoms with Gasteiger partial charge in [0.25, 0.3) is 6.43 Å². The van der Waals surface area contributed by atoms with E-state index in [1.807, 2.05) is 0 Å². The molecule has 0 unspecified atom stereocenters. The van der Waals surface area contributed by atoms with E-state index in [2.05, 4.69) is 9.97 Å². The van der Waals surface area contributed by atoms with E-state index >= 15 is 0 Å². The van der Waals surface area contributed by atoms with E-state index in [1.165, 1.54) is 12.1 Å². The minimum atomic E-state index is -2.59. The summed E-state index contributed by atoms with van der Waals surface area (Å²) >= 11 is 0. The van der Waals surface area contributed by atoms with E-state index < -0.39 is 6.43 Å². The van der Waals surface area contributed by atoms with Crippen molar-refractivity contribution in [1.82, 2.24) is 9.97 Å². The van der Waals surface area contributed by atoms with E-state index in [0.717, 1.165) is 5.56 Å². The van der Waals surface area contributed by atoms with Gasteiger partial charge in [-0.2, -0.15) is 0 Å². The molecule has 2 heterocycles. The molecule has 0 amide bonds. The van der Waals surface area contributed by atoms with Gasteiger partial charge < -0.3 is 10.5 Å². The maximum Gasteiger partial charge on any atom is 0.280 e. The topological polar surface area (TPSA) is 61.0 Å². The molecule has 0 fully saturated rings. The SMILES string of the molecule is NCc1ccncc1OCc1cccc(C(F)F)n1. The van der Waals surface area contributed by atoms with Gasteiger partial charge in [0.05, 0.1) is 11.9 Å². The summed E-state index contributed by atoms with van der Waals surface area (Å²) in [5.74, 6) is 0.536. The fourth-order valence-electron chi connectivity index (χ4n) is 1.56. The molecule has 0 aliphatic carbocycles.